The van der Waals surface area contributed by atoms with Crippen molar-refractivity contribution in [3.05, 3.63) is 73.4 Å². The molecule has 14 heteroatoms. The van der Waals surface area contributed by atoms with Gasteiger partial charge in [0.25, 0.3) is 5.91 Å². The molecule has 0 spiro atoms. The first-order valence-corrected chi connectivity index (χ1v) is 9.54. The first-order valence-electron chi connectivity index (χ1n) is 7.88. The average Bonchev–Trinajstić information content (AvgIpc) is 2.69. The summed E-state index contributed by atoms with van der Waals surface area (Å²) < 4.78 is 97.5. The maximum absolute atomic E-state index is 13.9. The van der Waals surface area contributed by atoms with Crippen molar-refractivity contribution in [2.24, 2.45) is 5.73 Å². The number of hydrogen-bond acceptors (Lipinski definition) is 6. The summed E-state index contributed by atoms with van der Waals surface area (Å²) in [4.78, 5) is 20.3. The molecule has 0 heterocycles. The molecule has 0 bridgehead atoms. The molecule has 0 fully saturated rings. The van der Waals surface area contributed by atoms with Gasteiger partial charge in [0.2, 0.25) is 5.82 Å². The van der Waals surface area contributed by atoms with Crippen LogP contribution in [0.15, 0.2) is 23.1 Å². The average molecular weight is 466 g/mol. The van der Waals surface area contributed by atoms with Crippen LogP contribution in [0.3, 0.4) is 0 Å². The molecule has 0 aromatic heterocycles. The van der Waals surface area contributed by atoms with E-state index < -0.39 is 71.7 Å². The number of halogens is 5. The van der Waals surface area contributed by atoms with Crippen LogP contribution in [0.5, 0.6) is 5.75 Å². The lowest BCUT2D eigenvalue weighted by atomic mass is 10.1. The summed E-state index contributed by atoms with van der Waals surface area (Å²) in [5, 5.41) is 11.1. The molecule has 2 aromatic rings. The predicted octanol–water partition coefficient (Wildman–Crippen LogP) is 2.74. The van der Waals surface area contributed by atoms with Crippen LogP contribution in [0.1, 0.15) is 11.1 Å². The van der Waals surface area contributed by atoms with Crippen molar-refractivity contribution in [1.82, 2.24) is 0 Å². The van der Waals surface area contributed by atoms with Crippen molar-refractivity contribution in [1.29, 1.82) is 0 Å². The predicted molar refractivity (Wildman–Crippen MR) is 95.7 cm³/mol. The quantitative estimate of drug-likeness (QED) is 0.167. The van der Waals surface area contributed by atoms with Crippen LogP contribution in [0.4, 0.5) is 27.6 Å². The first-order chi connectivity index (χ1) is 14.3. The van der Waals surface area contributed by atoms with Crippen LogP contribution < -0.4 is 10.5 Å². The molecule has 2 N–H and O–H groups in total. The highest BCUT2D eigenvalue weighted by Gasteiger charge is 2.30. The van der Waals surface area contributed by atoms with Crippen molar-refractivity contribution in [3.8, 4) is 5.75 Å². The zero-order valence-corrected chi connectivity index (χ0v) is 16.1. The monoisotopic (exact) mass is 466 g/mol. The second-order valence-corrected chi connectivity index (χ2v) is 7.84. The number of sulfone groups is 1. The van der Waals surface area contributed by atoms with E-state index in [1.165, 1.54) is 0 Å². The number of nitro groups is 1. The second-order valence-electron chi connectivity index (χ2n) is 5.88. The maximum Gasteiger partial charge on any atom is 0.311 e. The van der Waals surface area contributed by atoms with Crippen LogP contribution in [-0.4, -0.2) is 26.4 Å². The number of ether oxygens (including phenoxy) is 1. The Morgan fingerprint density at radius 2 is 1.61 bits per heavy atom. The fourth-order valence-corrected chi connectivity index (χ4v) is 3.84. The topological polar surface area (TPSA) is 130 Å². The number of nitro benzene ring substituents is 1. The molecule has 0 saturated carbocycles. The summed E-state index contributed by atoms with van der Waals surface area (Å²) in [6, 6.07) is 2.94. The third-order valence-corrected chi connectivity index (χ3v) is 5.60. The van der Waals surface area contributed by atoms with E-state index in [1.807, 2.05) is 0 Å². The molecule has 0 radical (unpaired) electrons. The third-order valence-electron chi connectivity index (χ3n) is 3.89. The lowest BCUT2D eigenvalue weighted by Crippen LogP contribution is -2.22. The van der Waals surface area contributed by atoms with E-state index in [1.54, 1.807) is 0 Å². The molecule has 2 aromatic carbocycles. The summed E-state index contributed by atoms with van der Waals surface area (Å²) in [5.74, 6) is -15.1. The fraction of sp³-hybridized carbons (Fsp3) is 0.118. The minimum Gasteiger partial charge on any atom is -0.490 e. The summed E-state index contributed by atoms with van der Waals surface area (Å²) >= 11 is 0. The normalized spacial score (nSPS) is 12.0. The molecular weight excluding hydrogens is 455 g/mol. The Bertz CT molecular complexity index is 1200. The molecule has 0 atom stereocenters. The summed E-state index contributed by atoms with van der Waals surface area (Å²) in [6.45, 7) is 0. The lowest BCUT2D eigenvalue weighted by molar-refractivity contribution is -0.385. The first kappa shape index (κ1) is 23.7. The van der Waals surface area contributed by atoms with Crippen molar-refractivity contribution >= 4 is 27.5 Å². The van der Waals surface area contributed by atoms with Gasteiger partial charge in [0.1, 0.15) is 4.91 Å². The number of carbonyl (C=O) groups is 1. The SMILES string of the molecule is COc1ccc(CS(=O)(=O)/C(=C\c2c(F)c(F)c(F)c(F)c2F)C(N)=O)cc1[N+](=O)[O-]. The summed E-state index contributed by atoms with van der Waals surface area (Å²) in [5.41, 5.74) is 2.36. The van der Waals surface area contributed by atoms with Gasteiger partial charge in [-0.1, -0.05) is 6.07 Å². The van der Waals surface area contributed by atoms with E-state index in [0.717, 1.165) is 25.3 Å². The second kappa shape index (κ2) is 8.67. The van der Waals surface area contributed by atoms with E-state index in [0.29, 0.717) is 0 Å². The van der Waals surface area contributed by atoms with Crippen LogP contribution in [0, 0.1) is 39.2 Å². The number of nitrogens with zero attached hydrogens (tertiary/aromatic N) is 1. The van der Waals surface area contributed by atoms with Crippen molar-refractivity contribution in [3.63, 3.8) is 0 Å². The van der Waals surface area contributed by atoms with Gasteiger partial charge in [-0.3, -0.25) is 14.9 Å². The van der Waals surface area contributed by atoms with Gasteiger partial charge in [0.15, 0.2) is 38.9 Å². The Balaban J connectivity index is 2.62. The van der Waals surface area contributed by atoms with E-state index in [2.05, 4.69) is 0 Å². The Kier molecular flexibility index (Phi) is 6.64. The number of amides is 1. The van der Waals surface area contributed by atoms with Gasteiger partial charge >= 0.3 is 5.69 Å². The van der Waals surface area contributed by atoms with Crippen molar-refractivity contribution < 1.29 is 44.8 Å². The van der Waals surface area contributed by atoms with Gasteiger partial charge in [0.05, 0.1) is 23.3 Å². The van der Waals surface area contributed by atoms with Crippen LogP contribution in [-0.2, 0) is 20.4 Å². The molecule has 31 heavy (non-hydrogen) atoms. The van der Waals surface area contributed by atoms with E-state index >= 15 is 0 Å². The van der Waals surface area contributed by atoms with Gasteiger partial charge in [-0.15, -0.1) is 0 Å². The number of carbonyl (C=O) groups excluding carboxylic acids is 1. The van der Waals surface area contributed by atoms with Crippen LogP contribution >= 0.6 is 0 Å². The Hall–Kier alpha value is -3.55. The standard InChI is InChI=1S/C17H11F5N2O6S/c1-30-10-3-2-7(4-9(10)24(26)27)6-31(28,29)11(17(23)25)5-8-12(18)14(20)16(22)15(21)13(8)19/h2-5H,6H2,1H3,(H2,23,25)/b11-5-. The van der Waals surface area contributed by atoms with E-state index in [-0.39, 0.29) is 17.4 Å². The van der Waals surface area contributed by atoms with Gasteiger partial charge in [-0.05, 0) is 17.7 Å². The number of benzene rings is 2. The highest BCUT2D eigenvalue weighted by atomic mass is 32.2. The molecule has 0 aliphatic rings. The van der Waals surface area contributed by atoms with Gasteiger partial charge in [-0.2, -0.15) is 0 Å². The number of hydrogen-bond donors (Lipinski definition) is 1. The molecule has 0 saturated heterocycles. The number of nitrogens with two attached hydrogens (primary N) is 1. The number of methoxy groups -OCH3 is 1. The highest BCUT2D eigenvalue weighted by Crippen LogP contribution is 2.30. The zero-order valence-electron chi connectivity index (χ0n) is 15.3. The maximum atomic E-state index is 13.9. The molecule has 2 rings (SSSR count). The molecule has 1 amide bonds. The van der Waals surface area contributed by atoms with Crippen LogP contribution in [0.2, 0.25) is 0 Å². The Morgan fingerprint density at radius 3 is 2.06 bits per heavy atom. The molecule has 0 aliphatic heterocycles. The molecular formula is C17H11F5N2O6S. The largest absolute Gasteiger partial charge is 0.490 e. The van der Waals surface area contributed by atoms with Crippen LogP contribution in [0.25, 0.3) is 6.08 Å². The minimum absolute atomic E-state index is 0.0914. The smallest absolute Gasteiger partial charge is 0.311 e. The highest BCUT2D eigenvalue weighted by molar-refractivity contribution is 7.95. The zero-order chi connectivity index (χ0) is 23.7. The van der Waals surface area contributed by atoms with E-state index in [4.69, 9.17) is 10.5 Å². The minimum atomic E-state index is -4.85. The van der Waals surface area contributed by atoms with Crippen molar-refractivity contribution in [2.45, 2.75) is 5.75 Å². The lowest BCUT2D eigenvalue weighted by Gasteiger charge is -2.09. The van der Waals surface area contributed by atoms with E-state index in [9.17, 15) is 45.3 Å². The Morgan fingerprint density at radius 1 is 1.10 bits per heavy atom. The summed E-state index contributed by atoms with van der Waals surface area (Å²) in [7, 11) is -3.73. The fourth-order valence-electron chi connectivity index (χ4n) is 2.46. The number of primary amides is 1. The molecule has 8 nitrogen and oxygen atoms in total. The molecule has 0 unspecified atom stereocenters. The third kappa shape index (κ3) is 4.63. The van der Waals surface area contributed by atoms with Gasteiger partial charge in [-0.25, -0.2) is 30.4 Å². The number of rotatable bonds is 7. The molecule has 166 valence electrons. The summed E-state index contributed by atoms with van der Waals surface area (Å²) in [6.07, 6.45) is -0.0914. The van der Waals surface area contributed by atoms with Gasteiger partial charge < -0.3 is 10.5 Å². The molecule has 0 aliphatic carbocycles. The Labute approximate surface area is 170 Å². The van der Waals surface area contributed by atoms with Crippen molar-refractivity contribution in [2.75, 3.05) is 7.11 Å². The van der Waals surface area contributed by atoms with Gasteiger partial charge in [0, 0.05) is 6.07 Å².